The fourth-order valence-corrected chi connectivity index (χ4v) is 2.96. The Morgan fingerprint density at radius 2 is 2.13 bits per heavy atom. The molecule has 0 N–H and O–H groups in total. The van der Waals surface area contributed by atoms with Crippen LogP contribution in [0.15, 0.2) is 35.3 Å². The van der Waals surface area contributed by atoms with Gasteiger partial charge in [0, 0.05) is 44.7 Å². The van der Waals surface area contributed by atoms with Gasteiger partial charge in [-0.25, -0.2) is 0 Å². The van der Waals surface area contributed by atoms with Crippen molar-refractivity contribution in [1.29, 1.82) is 5.26 Å². The number of rotatable bonds is 6. The number of benzene rings is 1. The van der Waals surface area contributed by atoms with E-state index in [1.54, 1.807) is 24.3 Å². The molecule has 1 heterocycles. The maximum atomic E-state index is 12.6. The molecule has 0 saturated carbocycles. The highest BCUT2D eigenvalue weighted by molar-refractivity contribution is 9.10. The van der Waals surface area contributed by atoms with Crippen LogP contribution in [0.3, 0.4) is 0 Å². The zero-order valence-corrected chi connectivity index (χ0v) is 14.6. The van der Waals surface area contributed by atoms with Crippen LogP contribution in [-0.2, 0) is 0 Å². The molecule has 5 nitrogen and oxygen atoms in total. The second-order valence-corrected chi connectivity index (χ2v) is 6.14. The van der Waals surface area contributed by atoms with E-state index in [4.69, 9.17) is 10.00 Å². The van der Waals surface area contributed by atoms with E-state index < -0.39 is 0 Å². The number of hydrogen-bond acceptors (Lipinski definition) is 4. The molecule has 0 aliphatic carbocycles. The Kier molecular flexibility index (Phi) is 6.63. The summed E-state index contributed by atoms with van der Waals surface area (Å²) in [6, 6.07) is 7.53. The zero-order valence-electron chi connectivity index (χ0n) is 13.0. The maximum absolute atomic E-state index is 12.6. The van der Waals surface area contributed by atoms with Gasteiger partial charge in [0.15, 0.2) is 0 Å². The molecular formula is C17H20BrN3O2. The van der Waals surface area contributed by atoms with Gasteiger partial charge < -0.3 is 9.64 Å². The molecule has 1 aliphatic heterocycles. The average Bonchev–Trinajstić information content (AvgIpc) is 2.58. The summed E-state index contributed by atoms with van der Waals surface area (Å²) < 4.78 is 6.26. The van der Waals surface area contributed by atoms with Crippen molar-refractivity contribution in [2.24, 2.45) is 0 Å². The summed E-state index contributed by atoms with van der Waals surface area (Å²) in [5.41, 5.74) is 0.647. The number of carbonyl (C=O) groups excluding carboxylic acids is 1. The van der Waals surface area contributed by atoms with Crippen molar-refractivity contribution in [2.45, 2.75) is 6.42 Å². The molecule has 1 saturated heterocycles. The van der Waals surface area contributed by atoms with Gasteiger partial charge in [-0.2, -0.15) is 5.26 Å². The molecule has 1 aliphatic rings. The molecule has 0 spiro atoms. The van der Waals surface area contributed by atoms with Gasteiger partial charge in [0.25, 0.3) is 5.91 Å². The summed E-state index contributed by atoms with van der Waals surface area (Å²) in [6.07, 6.45) is 2.21. The van der Waals surface area contributed by atoms with E-state index in [-0.39, 0.29) is 5.91 Å². The number of halogens is 1. The van der Waals surface area contributed by atoms with E-state index in [1.807, 2.05) is 4.90 Å². The first kappa shape index (κ1) is 17.5. The number of nitriles is 1. The highest BCUT2D eigenvalue weighted by Crippen LogP contribution is 2.26. The maximum Gasteiger partial charge on any atom is 0.253 e. The van der Waals surface area contributed by atoms with Crippen LogP contribution >= 0.6 is 15.9 Å². The minimum Gasteiger partial charge on any atom is -0.488 e. The minimum absolute atomic E-state index is 0.0286. The molecule has 1 amide bonds. The molecule has 0 bridgehead atoms. The second kappa shape index (κ2) is 8.70. The van der Waals surface area contributed by atoms with Gasteiger partial charge in [-0.05, 0) is 34.1 Å². The van der Waals surface area contributed by atoms with Crippen LogP contribution in [0.1, 0.15) is 16.8 Å². The van der Waals surface area contributed by atoms with Crippen LogP contribution in [0.25, 0.3) is 0 Å². The zero-order chi connectivity index (χ0) is 16.7. The summed E-state index contributed by atoms with van der Waals surface area (Å²) in [5, 5.41) is 8.63. The van der Waals surface area contributed by atoms with E-state index in [0.717, 1.165) is 24.1 Å². The Hall–Kier alpha value is -1.84. The lowest BCUT2D eigenvalue weighted by molar-refractivity contribution is 0.0639. The Morgan fingerprint density at radius 1 is 1.39 bits per heavy atom. The first-order valence-electron chi connectivity index (χ1n) is 7.57. The summed E-state index contributed by atoms with van der Waals surface area (Å²) in [7, 11) is 0. The normalized spacial score (nSPS) is 15.0. The van der Waals surface area contributed by atoms with Crippen molar-refractivity contribution in [3.05, 3.63) is 40.9 Å². The Bertz CT molecular complexity index is 604. The summed E-state index contributed by atoms with van der Waals surface area (Å²) in [6.45, 7) is 7.83. The van der Waals surface area contributed by atoms with Crippen molar-refractivity contribution >= 4 is 21.8 Å². The van der Waals surface area contributed by atoms with Gasteiger partial charge in [0.05, 0.1) is 10.5 Å². The number of hydrogen-bond donors (Lipinski definition) is 0. The van der Waals surface area contributed by atoms with Crippen molar-refractivity contribution in [3.8, 4) is 11.8 Å². The standard InChI is InChI=1S/C17H20BrN3O2/c1-2-12-23-16-5-4-14(13-15(16)18)17(22)21-10-8-20(9-11-21)7-3-6-19/h2,4-5,13H,1,3,7-12H2. The van der Waals surface area contributed by atoms with Crippen LogP contribution in [0, 0.1) is 11.3 Å². The molecule has 23 heavy (non-hydrogen) atoms. The third kappa shape index (κ3) is 4.81. The molecule has 122 valence electrons. The molecule has 1 aromatic carbocycles. The van der Waals surface area contributed by atoms with Gasteiger partial charge in [-0.1, -0.05) is 12.7 Å². The van der Waals surface area contributed by atoms with E-state index in [9.17, 15) is 4.79 Å². The highest BCUT2D eigenvalue weighted by Gasteiger charge is 2.22. The smallest absolute Gasteiger partial charge is 0.253 e. The SMILES string of the molecule is C=CCOc1ccc(C(=O)N2CCN(CCC#N)CC2)cc1Br. The average molecular weight is 378 g/mol. The Morgan fingerprint density at radius 3 is 2.74 bits per heavy atom. The fourth-order valence-electron chi connectivity index (χ4n) is 2.46. The lowest BCUT2D eigenvalue weighted by Gasteiger charge is -2.34. The molecule has 6 heteroatoms. The number of amides is 1. The van der Waals surface area contributed by atoms with Crippen molar-refractivity contribution in [1.82, 2.24) is 9.80 Å². The highest BCUT2D eigenvalue weighted by atomic mass is 79.9. The summed E-state index contributed by atoms with van der Waals surface area (Å²) >= 11 is 3.44. The van der Waals surface area contributed by atoms with Crippen molar-refractivity contribution in [2.75, 3.05) is 39.3 Å². The quantitative estimate of drug-likeness (QED) is 0.715. The van der Waals surface area contributed by atoms with E-state index in [2.05, 4.69) is 33.5 Å². The number of piperazine rings is 1. The van der Waals surface area contributed by atoms with Gasteiger partial charge in [0.2, 0.25) is 0 Å². The van der Waals surface area contributed by atoms with Gasteiger partial charge in [0.1, 0.15) is 12.4 Å². The van der Waals surface area contributed by atoms with Crippen LogP contribution in [0.2, 0.25) is 0 Å². The third-order valence-corrected chi connectivity index (χ3v) is 4.35. The molecule has 0 unspecified atom stereocenters. The Labute approximate surface area is 145 Å². The molecular weight excluding hydrogens is 358 g/mol. The van der Waals surface area contributed by atoms with Gasteiger partial charge >= 0.3 is 0 Å². The van der Waals surface area contributed by atoms with E-state index in [0.29, 0.717) is 37.4 Å². The van der Waals surface area contributed by atoms with E-state index >= 15 is 0 Å². The van der Waals surface area contributed by atoms with Gasteiger partial charge in [-0.3, -0.25) is 9.69 Å². The number of ether oxygens (including phenoxy) is 1. The van der Waals surface area contributed by atoms with Crippen LogP contribution in [0.5, 0.6) is 5.75 Å². The molecule has 1 fully saturated rings. The third-order valence-electron chi connectivity index (χ3n) is 3.73. The predicted octanol–water partition coefficient (Wildman–Crippen LogP) is 2.69. The second-order valence-electron chi connectivity index (χ2n) is 5.29. The number of carbonyl (C=O) groups is 1. The van der Waals surface area contributed by atoms with Crippen LogP contribution in [-0.4, -0.2) is 55.0 Å². The lowest BCUT2D eigenvalue weighted by Crippen LogP contribution is -2.48. The minimum atomic E-state index is 0.0286. The fraction of sp³-hybridized carbons (Fsp3) is 0.412. The Balaban J connectivity index is 1.95. The van der Waals surface area contributed by atoms with Crippen molar-refractivity contribution in [3.63, 3.8) is 0 Å². The lowest BCUT2D eigenvalue weighted by atomic mass is 10.1. The first-order valence-corrected chi connectivity index (χ1v) is 8.37. The predicted molar refractivity (Wildman–Crippen MR) is 92.4 cm³/mol. The van der Waals surface area contributed by atoms with Gasteiger partial charge in [-0.15, -0.1) is 0 Å². The molecule has 0 aromatic heterocycles. The molecule has 0 atom stereocenters. The molecule has 2 rings (SSSR count). The van der Waals surface area contributed by atoms with E-state index in [1.165, 1.54) is 0 Å². The first-order chi connectivity index (χ1) is 11.2. The van der Waals surface area contributed by atoms with Crippen molar-refractivity contribution < 1.29 is 9.53 Å². The van der Waals surface area contributed by atoms with Crippen LogP contribution in [0.4, 0.5) is 0 Å². The summed E-state index contributed by atoms with van der Waals surface area (Å²) in [4.78, 5) is 16.6. The monoisotopic (exact) mass is 377 g/mol. The molecule has 1 aromatic rings. The largest absolute Gasteiger partial charge is 0.488 e. The molecule has 0 radical (unpaired) electrons. The van der Waals surface area contributed by atoms with Crippen LogP contribution < -0.4 is 4.74 Å². The number of nitrogens with zero attached hydrogens (tertiary/aromatic N) is 3. The summed E-state index contributed by atoms with van der Waals surface area (Å²) in [5.74, 6) is 0.726. The topological polar surface area (TPSA) is 56.6 Å².